The van der Waals surface area contributed by atoms with Crippen molar-refractivity contribution in [1.29, 1.82) is 0 Å². The van der Waals surface area contributed by atoms with Gasteiger partial charge in [0.15, 0.2) is 0 Å². The van der Waals surface area contributed by atoms with E-state index in [9.17, 15) is 9.50 Å². The molecule has 0 heterocycles. The van der Waals surface area contributed by atoms with Crippen LogP contribution in [0, 0.1) is 5.82 Å². The van der Waals surface area contributed by atoms with Crippen LogP contribution in [0.4, 0.5) is 10.1 Å². The van der Waals surface area contributed by atoms with Crippen LogP contribution >= 0.6 is 23.2 Å². The van der Waals surface area contributed by atoms with Crippen LogP contribution in [0.5, 0.6) is 0 Å². The number of benzene rings is 1. The molecule has 6 heteroatoms. The summed E-state index contributed by atoms with van der Waals surface area (Å²) in [5.74, 6) is -0.496. The molecule has 0 aliphatic carbocycles. The molecule has 1 aromatic rings. The van der Waals surface area contributed by atoms with Gasteiger partial charge in [0.25, 0.3) is 0 Å². The number of hydrogen-bond donors (Lipinski definition) is 2. The van der Waals surface area contributed by atoms with Crippen molar-refractivity contribution < 1.29 is 14.2 Å². The first kappa shape index (κ1) is 16.5. The zero-order chi connectivity index (χ0) is 14.3. The minimum absolute atomic E-state index is 0.184. The average molecular weight is 310 g/mol. The number of aliphatic hydroxyl groups excluding tert-OH is 1. The standard InChI is InChI=1S/C13H18Cl2FNO2/c1-2-3-4-19-8-10(18)7-17-13-11(14)5-9(16)6-12(13)15/h5-6,10,17-18H,2-4,7-8H2,1H3. The molecule has 0 aliphatic rings. The third kappa shape index (κ3) is 5.95. The van der Waals surface area contributed by atoms with E-state index in [1.54, 1.807) is 0 Å². The molecule has 0 aliphatic heterocycles. The highest BCUT2D eigenvalue weighted by atomic mass is 35.5. The predicted octanol–water partition coefficient (Wildman–Crippen LogP) is 3.72. The maximum absolute atomic E-state index is 13.0. The predicted molar refractivity (Wildman–Crippen MR) is 76.6 cm³/mol. The van der Waals surface area contributed by atoms with Gasteiger partial charge in [0, 0.05) is 13.2 Å². The molecule has 3 nitrogen and oxygen atoms in total. The molecule has 108 valence electrons. The number of aliphatic hydroxyl groups is 1. The zero-order valence-electron chi connectivity index (χ0n) is 10.8. The molecule has 0 amide bonds. The van der Waals surface area contributed by atoms with Gasteiger partial charge in [0.05, 0.1) is 28.4 Å². The molecular formula is C13H18Cl2FNO2. The number of ether oxygens (including phenoxy) is 1. The summed E-state index contributed by atoms with van der Waals surface area (Å²) in [6.45, 7) is 3.17. The van der Waals surface area contributed by atoms with Gasteiger partial charge in [-0.1, -0.05) is 36.5 Å². The summed E-state index contributed by atoms with van der Waals surface area (Å²) in [6, 6.07) is 2.33. The Balaban J connectivity index is 2.40. The molecule has 0 spiro atoms. The lowest BCUT2D eigenvalue weighted by Gasteiger charge is -2.15. The lowest BCUT2D eigenvalue weighted by atomic mass is 10.3. The van der Waals surface area contributed by atoms with Crippen molar-refractivity contribution in [2.24, 2.45) is 0 Å². The van der Waals surface area contributed by atoms with Gasteiger partial charge in [-0.25, -0.2) is 4.39 Å². The van der Waals surface area contributed by atoms with Crippen molar-refractivity contribution in [2.45, 2.75) is 25.9 Å². The van der Waals surface area contributed by atoms with E-state index in [-0.39, 0.29) is 23.2 Å². The summed E-state index contributed by atoms with van der Waals surface area (Å²) in [7, 11) is 0. The van der Waals surface area contributed by atoms with Crippen LogP contribution in [0.1, 0.15) is 19.8 Å². The maximum atomic E-state index is 13.0. The summed E-state index contributed by atoms with van der Waals surface area (Å²) < 4.78 is 18.3. The molecule has 1 atom stereocenters. The van der Waals surface area contributed by atoms with Crippen molar-refractivity contribution in [1.82, 2.24) is 0 Å². The van der Waals surface area contributed by atoms with Crippen LogP contribution in [0.25, 0.3) is 0 Å². The minimum atomic E-state index is -0.672. The molecule has 1 rings (SSSR count). The van der Waals surface area contributed by atoms with Crippen LogP contribution < -0.4 is 5.32 Å². The highest BCUT2D eigenvalue weighted by molar-refractivity contribution is 6.39. The Hall–Kier alpha value is -0.550. The Kier molecular flexibility index (Phi) is 7.46. The van der Waals surface area contributed by atoms with Crippen LogP contribution in [0.15, 0.2) is 12.1 Å². The minimum Gasteiger partial charge on any atom is -0.389 e. The van der Waals surface area contributed by atoms with E-state index in [0.29, 0.717) is 12.3 Å². The topological polar surface area (TPSA) is 41.5 Å². The molecule has 0 saturated carbocycles. The molecule has 0 aromatic heterocycles. The maximum Gasteiger partial charge on any atom is 0.126 e. The first-order valence-corrected chi connectivity index (χ1v) is 6.94. The number of halogens is 3. The lowest BCUT2D eigenvalue weighted by Crippen LogP contribution is -2.25. The second-order valence-corrected chi connectivity index (χ2v) is 5.02. The fourth-order valence-electron chi connectivity index (χ4n) is 1.46. The zero-order valence-corrected chi connectivity index (χ0v) is 12.3. The molecule has 19 heavy (non-hydrogen) atoms. The second kappa shape index (κ2) is 8.59. The molecular weight excluding hydrogens is 292 g/mol. The third-order valence-corrected chi connectivity index (χ3v) is 3.07. The van der Waals surface area contributed by atoms with Crippen LogP contribution in [-0.4, -0.2) is 31.0 Å². The van der Waals surface area contributed by atoms with Crippen molar-refractivity contribution in [3.63, 3.8) is 0 Å². The van der Waals surface area contributed by atoms with Crippen molar-refractivity contribution >= 4 is 28.9 Å². The number of rotatable bonds is 8. The Morgan fingerprint density at radius 1 is 1.37 bits per heavy atom. The second-order valence-electron chi connectivity index (χ2n) is 4.21. The smallest absolute Gasteiger partial charge is 0.126 e. The van der Waals surface area contributed by atoms with E-state index in [4.69, 9.17) is 27.9 Å². The first-order valence-electron chi connectivity index (χ1n) is 6.18. The van der Waals surface area contributed by atoms with Gasteiger partial charge in [0.1, 0.15) is 5.82 Å². The van der Waals surface area contributed by atoms with Crippen LogP contribution in [0.2, 0.25) is 10.0 Å². The molecule has 0 bridgehead atoms. The summed E-state index contributed by atoms with van der Waals surface area (Å²) >= 11 is 11.7. The van der Waals surface area contributed by atoms with E-state index < -0.39 is 11.9 Å². The summed E-state index contributed by atoms with van der Waals surface area (Å²) in [5, 5.41) is 13.0. The molecule has 0 fully saturated rings. The van der Waals surface area contributed by atoms with E-state index in [1.165, 1.54) is 12.1 Å². The third-order valence-electron chi connectivity index (χ3n) is 2.47. The SMILES string of the molecule is CCCCOCC(O)CNc1c(Cl)cc(F)cc1Cl. The van der Waals surface area contributed by atoms with Crippen molar-refractivity contribution in [2.75, 3.05) is 25.1 Å². The molecule has 0 saturated heterocycles. The highest BCUT2D eigenvalue weighted by Crippen LogP contribution is 2.31. The lowest BCUT2D eigenvalue weighted by molar-refractivity contribution is 0.0422. The fraction of sp³-hybridized carbons (Fsp3) is 0.538. The number of nitrogens with one attached hydrogen (secondary N) is 1. The Morgan fingerprint density at radius 3 is 2.58 bits per heavy atom. The highest BCUT2D eigenvalue weighted by Gasteiger charge is 2.10. The quantitative estimate of drug-likeness (QED) is 0.719. The largest absolute Gasteiger partial charge is 0.389 e. The van der Waals surface area contributed by atoms with Gasteiger partial charge in [-0.05, 0) is 18.6 Å². The number of hydrogen-bond acceptors (Lipinski definition) is 3. The number of unbranched alkanes of at least 4 members (excludes halogenated alkanes) is 1. The van der Waals surface area contributed by atoms with E-state index in [0.717, 1.165) is 12.8 Å². The molecule has 0 radical (unpaired) electrons. The van der Waals surface area contributed by atoms with Crippen molar-refractivity contribution in [3.8, 4) is 0 Å². The van der Waals surface area contributed by atoms with Gasteiger partial charge < -0.3 is 15.2 Å². The van der Waals surface area contributed by atoms with Gasteiger partial charge >= 0.3 is 0 Å². The van der Waals surface area contributed by atoms with Crippen molar-refractivity contribution in [3.05, 3.63) is 28.0 Å². The fourth-order valence-corrected chi connectivity index (χ4v) is 2.05. The summed E-state index contributed by atoms with van der Waals surface area (Å²) in [6.07, 6.45) is 1.35. The average Bonchev–Trinajstić information content (AvgIpc) is 2.33. The van der Waals surface area contributed by atoms with Gasteiger partial charge in [-0.3, -0.25) is 0 Å². The Morgan fingerprint density at radius 2 is 2.00 bits per heavy atom. The monoisotopic (exact) mass is 309 g/mol. The normalized spacial score (nSPS) is 12.5. The van der Waals surface area contributed by atoms with Crippen LogP contribution in [0.3, 0.4) is 0 Å². The molecule has 2 N–H and O–H groups in total. The van der Waals surface area contributed by atoms with Gasteiger partial charge in [-0.2, -0.15) is 0 Å². The van der Waals surface area contributed by atoms with Gasteiger partial charge in [-0.15, -0.1) is 0 Å². The van der Waals surface area contributed by atoms with E-state index in [1.807, 2.05) is 0 Å². The summed E-state index contributed by atoms with van der Waals surface area (Å²) in [4.78, 5) is 0. The summed E-state index contributed by atoms with van der Waals surface area (Å²) in [5.41, 5.74) is 0.414. The molecule has 1 unspecified atom stereocenters. The van der Waals surface area contributed by atoms with Gasteiger partial charge in [0.2, 0.25) is 0 Å². The first-order chi connectivity index (χ1) is 9.04. The van der Waals surface area contributed by atoms with E-state index in [2.05, 4.69) is 12.2 Å². The molecule has 1 aromatic carbocycles. The van der Waals surface area contributed by atoms with Crippen LogP contribution in [-0.2, 0) is 4.74 Å². The Labute approximate surface area is 122 Å². The Bertz CT molecular complexity index is 381. The van der Waals surface area contributed by atoms with E-state index >= 15 is 0 Å². The number of anilines is 1.